The van der Waals surface area contributed by atoms with Crippen molar-refractivity contribution in [2.45, 2.75) is 33.2 Å². The van der Waals surface area contributed by atoms with Crippen LogP contribution in [0.3, 0.4) is 0 Å². The molecule has 2 amide bonds. The fourth-order valence-corrected chi connectivity index (χ4v) is 2.84. The number of rotatable bonds is 4. The average Bonchev–Trinajstić information content (AvgIpc) is 3.18. The molecule has 1 N–H and O–H groups in total. The molecule has 0 aliphatic rings. The van der Waals surface area contributed by atoms with Gasteiger partial charge >= 0.3 is 6.03 Å². The van der Waals surface area contributed by atoms with Gasteiger partial charge in [-0.2, -0.15) is 8.75 Å². The Morgan fingerprint density at radius 3 is 2.88 bits per heavy atom. The van der Waals surface area contributed by atoms with Gasteiger partial charge in [0.1, 0.15) is 11.0 Å². The van der Waals surface area contributed by atoms with Crippen molar-refractivity contribution in [3.05, 3.63) is 35.2 Å². The number of hydrogen-bond donors (Lipinski definition) is 1. The lowest BCUT2D eigenvalue weighted by atomic mass is 10.1. The van der Waals surface area contributed by atoms with Crippen LogP contribution in [0.1, 0.15) is 36.8 Å². The zero-order valence-electron chi connectivity index (χ0n) is 14.0. The van der Waals surface area contributed by atoms with Gasteiger partial charge in [0, 0.05) is 13.1 Å². The molecule has 0 aliphatic carbocycles. The van der Waals surface area contributed by atoms with E-state index < -0.39 is 0 Å². The number of nitrogens with zero attached hydrogens (tertiary/aromatic N) is 4. The van der Waals surface area contributed by atoms with Gasteiger partial charge in [-0.15, -0.1) is 0 Å². The maximum absolute atomic E-state index is 12.5. The highest BCUT2D eigenvalue weighted by atomic mass is 32.1. The Balaban J connectivity index is 1.73. The predicted molar refractivity (Wildman–Crippen MR) is 93.2 cm³/mol. The van der Waals surface area contributed by atoms with E-state index >= 15 is 0 Å². The topological polar surface area (TPSA) is 84.2 Å². The van der Waals surface area contributed by atoms with E-state index in [2.05, 4.69) is 19.2 Å². The van der Waals surface area contributed by atoms with E-state index in [9.17, 15) is 4.79 Å². The zero-order valence-corrected chi connectivity index (χ0v) is 14.8. The molecule has 2 heterocycles. The minimum Gasteiger partial charge on any atom is -0.359 e. The molecule has 0 atom stereocenters. The summed E-state index contributed by atoms with van der Waals surface area (Å²) in [6.07, 6.45) is 0. The lowest BCUT2D eigenvalue weighted by Crippen LogP contribution is -2.31. The molecule has 1 aromatic carbocycles. The number of nitrogens with one attached hydrogen (secondary N) is 1. The van der Waals surface area contributed by atoms with Gasteiger partial charge in [-0.05, 0) is 24.5 Å². The second-order valence-electron chi connectivity index (χ2n) is 6.05. The molecular weight excluding hydrogens is 326 g/mol. The molecule has 3 rings (SSSR count). The van der Waals surface area contributed by atoms with Crippen LogP contribution in [0.5, 0.6) is 0 Å². The number of amides is 2. The van der Waals surface area contributed by atoms with E-state index in [1.165, 1.54) is 0 Å². The van der Waals surface area contributed by atoms with Crippen molar-refractivity contribution in [1.29, 1.82) is 0 Å². The molecule has 0 unspecified atom stereocenters. The van der Waals surface area contributed by atoms with Crippen LogP contribution in [0.25, 0.3) is 11.0 Å². The first-order chi connectivity index (χ1) is 11.5. The first kappa shape index (κ1) is 16.4. The van der Waals surface area contributed by atoms with E-state index in [0.717, 1.165) is 28.5 Å². The molecule has 24 heavy (non-hydrogen) atoms. The molecule has 126 valence electrons. The summed E-state index contributed by atoms with van der Waals surface area (Å²) in [4.78, 5) is 14.0. The molecule has 2 aromatic heterocycles. The van der Waals surface area contributed by atoms with Crippen molar-refractivity contribution in [2.75, 3.05) is 12.4 Å². The van der Waals surface area contributed by atoms with Gasteiger partial charge < -0.3 is 14.7 Å². The summed E-state index contributed by atoms with van der Waals surface area (Å²) < 4.78 is 13.8. The molecular formula is C16H19N5O2S. The Labute approximate surface area is 144 Å². The molecule has 0 spiro atoms. The van der Waals surface area contributed by atoms with Gasteiger partial charge in [-0.25, -0.2) is 4.79 Å². The molecule has 0 aliphatic heterocycles. The summed E-state index contributed by atoms with van der Waals surface area (Å²) in [6.45, 7) is 6.36. The third-order valence-corrected chi connectivity index (χ3v) is 4.32. The average molecular weight is 345 g/mol. The minimum atomic E-state index is -0.235. The molecule has 0 bridgehead atoms. The molecule has 0 fully saturated rings. The lowest BCUT2D eigenvalue weighted by molar-refractivity contribution is 0.214. The van der Waals surface area contributed by atoms with Gasteiger partial charge in [0.05, 0.1) is 29.7 Å². The number of aromatic nitrogens is 3. The van der Waals surface area contributed by atoms with E-state index in [-0.39, 0.29) is 6.03 Å². The number of carbonyl (C=O) groups excluding carboxylic acids is 1. The Hall–Kier alpha value is -2.48. The highest BCUT2D eigenvalue weighted by molar-refractivity contribution is 7.00. The van der Waals surface area contributed by atoms with E-state index in [1.807, 2.05) is 39.0 Å². The molecule has 0 radical (unpaired) electrons. The highest BCUT2D eigenvalue weighted by Gasteiger charge is 2.17. The summed E-state index contributed by atoms with van der Waals surface area (Å²) >= 11 is 1.13. The number of anilines is 1. The largest absolute Gasteiger partial charge is 0.359 e. The molecule has 0 saturated heterocycles. The van der Waals surface area contributed by atoms with Gasteiger partial charge in [0.25, 0.3) is 0 Å². The number of carbonyl (C=O) groups is 1. The van der Waals surface area contributed by atoms with Crippen LogP contribution < -0.4 is 5.32 Å². The summed E-state index contributed by atoms with van der Waals surface area (Å²) in [7, 11) is 1.71. The predicted octanol–water partition coefficient (Wildman–Crippen LogP) is 3.78. The Morgan fingerprint density at radius 1 is 1.38 bits per heavy atom. The van der Waals surface area contributed by atoms with Crippen LogP contribution in [0.15, 0.2) is 22.7 Å². The van der Waals surface area contributed by atoms with Gasteiger partial charge in [0.15, 0.2) is 5.76 Å². The second-order valence-corrected chi connectivity index (χ2v) is 6.58. The third-order valence-electron chi connectivity index (χ3n) is 3.78. The van der Waals surface area contributed by atoms with Crippen molar-refractivity contribution in [2.24, 2.45) is 0 Å². The Kier molecular flexibility index (Phi) is 4.48. The molecule has 8 heteroatoms. The van der Waals surface area contributed by atoms with Crippen LogP contribution in [-0.2, 0) is 6.54 Å². The van der Waals surface area contributed by atoms with Crippen LogP contribution in [0.2, 0.25) is 0 Å². The molecule has 7 nitrogen and oxygen atoms in total. The van der Waals surface area contributed by atoms with Gasteiger partial charge in [-0.3, -0.25) is 0 Å². The maximum atomic E-state index is 12.5. The van der Waals surface area contributed by atoms with Crippen molar-refractivity contribution in [1.82, 2.24) is 18.8 Å². The van der Waals surface area contributed by atoms with Gasteiger partial charge in [0.2, 0.25) is 0 Å². The van der Waals surface area contributed by atoms with E-state index in [0.29, 0.717) is 29.4 Å². The molecule has 3 aromatic rings. The summed E-state index contributed by atoms with van der Waals surface area (Å²) in [5.74, 6) is 0.945. The molecule has 0 saturated carbocycles. The van der Waals surface area contributed by atoms with Crippen LogP contribution >= 0.6 is 11.7 Å². The number of fused-ring (bicyclic) bond motifs is 1. The fraction of sp³-hybridized carbons (Fsp3) is 0.375. The van der Waals surface area contributed by atoms with Crippen LogP contribution in [-0.4, -0.2) is 31.9 Å². The normalized spacial score (nSPS) is 11.2. The van der Waals surface area contributed by atoms with E-state index in [1.54, 1.807) is 11.9 Å². The van der Waals surface area contributed by atoms with Gasteiger partial charge in [-0.1, -0.05) is 25.1 Å². The first-order valence-electron chi connectivity index (χ1n) is 7.65. The number of urea groups is 1. The quantitative estimate of drug-likeness (QED) is 0.778. The van der Waals surface area contributed by atoms with Crippen molar-refractivity contribution < 1.29 is 9.32 Å². The first-order valence-corrected chi connectivity index (χ1v) is 8.38. The smallest absolute Gasteiger partial charge is 0.322 e. The highest BCUT2D eigenvalue weighted by Crippen LogP contribution is 2.26. The Bertz CT molecular complexity index is 870. The van der Waals surface area contributed by atoms with Crippen molar-refractivity contribution >= 4 is 34.5 Å². The fourth-order valence-electron chi connectivity index (χ4n) is 2.29. The third kappa shape index (κ3) is 3.23. The zero-order chi connectivity index (χ0) is 17.3. The number of benzene rings is 1. The SMILES string of the molecule is Cc1ccc2nsnc2c1NC(=O)N(C)Cc1cc(C(C)C)no1. The standard InChI is InChI=1S/C16H19N5O2S/c1-9(2)13-7-11(23-18-13)8-21(4)16(22)17-14-10(3)5-6-12-15(14)20-24-19-12/h5-7,9H,8H2,1-4H3,(H,17,22). The number of hydrogen-bond acceptors (Lipinski definition) is 6. The minimum absolute atomic E-state index is 0.235. The monoisotopic (exact) mass is 345 g/mol. The van der Waals surface area contributed by atoms with Crippen molar-refractivity contribution in [3.8, 4) is 0 Å². The maximum Gasteiger partial charge on any atom is 0.322 e. The van der Waals surface area contributed by atoms with Crippen LogP contribution in [0, 0.1) is 6.92 Å². The summed E-state index contributed by atoms with van der Waals surface area (Å²) in [6, 6.07) is 5.46. The summed E-state index contributed by atoms with van der Waals surface area (Å²) in [5, 5.41) is 6.93. The Morgan fingerprint density at radius 2 is 2.17 bits per heavy atom. The van der Waals surface area contributed by atoms with Crippen LogP contribution in [0.4, 0.5) is 10.5 Å². The second kappa shape index (κ2) is 6.56. The number of aryl methyl sites for hydroxylation is 1. The van der Waals surface area contributed by atoms with E-state index in [4.69, 9.17) is 4.52 Å². The lowest BCUT2D eigenvalue weighted by Gasteiger charge is -2.17. The summed E-state index contributed by atoms with van der Waals surface area (Å²) in [5.41, 5.74) is 4.01. The van der Waals surface area contributed by atoms with Crippen molar-refractivity contribution in [3.63, 3.8) is 0 Å².